The van der Waals surface area contributed by atoms with E-state index in [0.29, 0.717) is 22.8 Å². The molecule has 4 aromatic rings. The maximum Gasteiger partial charge on any atom is 0.573 e. The van der Waals surface area contributed by atoms with Crippen LogP contribution >= 0.6 is 23.2 Å². The number of anilines is 1. The summed E-state index contributed by atoms with van der Waals surface area (Å²) in [6.07, 6.45) is -2.23. The van der Waals surface area contributed by atoms with E-state index in [1.54, 1.807) is 47.4 Å². The van der Waals surface area contributed by atoms with Crippen molar-refractivity contribution >= 4 is 35.0 Å². The quantitative estimate of drug-likeness (QED) is 0.252. The van der Waals surface area contributed by atoms with Crippen molar-refractivity contribution in [2.45, 2.75) is 25.2 Å². The van der Waals surface area contributed by atoms with Crippen molar-refractivity contribution in [3.63, 3.8) is 0 Å². The second-order valence-electron chi connectivity index (χ2n) is 8.12. The van der Waals surface area contributed by atoms with Crippen molar-refractivity contribution in [3.05, 3.63) is 83.1 Å². The largest absolute Gasteiger partial charge is 0.573 e. The minimum absolute atomic E-state index is 0.00115. The van der Waals surface area contributed by atoms with Gasteiger partial charge in [-0.1, -0.05) is 29.3 Å². The Morgan fingerprint density at radius 2 is 1.62 bits per heavy atom. The van der Waals surface area contributed by atoms with Crippen LogP contribution in [-0.2, 0) is 0 Å². The van der Waals surface area contributed by atoms with E-state index in [2.05, 4.69) is 14.8 Å². The molecule has 3 aromatic carbocycles. The molecule has 37 heavy (non-hydrogen) atoms. The maximum absolute atomic E-state index is 13.0. The predicted molar refractivity (Wildman–Crippen MR) is 131 cm³/mol. The summed E-state index contributed by atoms with van der Waals surface area (Å²) >= 11 is 12.3. The number of carbonyl (C=O) groups excluding carboxylic acids is 1. The average molecular weight is 549 g/mol. The fourth-order valence-corrected chi connectivity index (χ4v) is 4.08. The molecule has 0 saturated heterocycles. The van der Waals surface area contributed by atoms with Gasteiger partial charge in [0.2, 0.25) is 0 Å². The number of alkyl halides is 3. The van der Waals surface area contributed by atoms with Crippen LogP contribution in [0.2, 0.25) is 10.0 Å². The van der Waals surface area contributed by atoms with Crippen molar-refractivity contribution in [2.24, 2.45) is 0 Å². The number of amides is 1. The summed E-state index contributed by atoms with van der Waals surface area (Å²) in [5.74, 6) is 0.166. The normalized spacial score (nSPS) is 13.3. The van der Waals surface area contributed by atoms with E-state index in [9.17, 15) is 18.0 Å². The SMILES string of the molecule is O=C(Oc1c(Cl)cccc1Cl)N(c1ccc(-c2ncn(-c3ccc(OC(F)(F)F)cc3)n2)cc1)C1CC1. The van der Waals surface area contributed by atoms with Gasteiger partial charge in [0.25, 0.3) is 0 Å². The smallest absolute Gasteiger partial charge is 0.407 e. The van der Waals surface area contributed by atoms with Crippen molar-refractivity contribution in [1.29, 1.82) is 0 Å². The van der Waals surface area contributed by atoms with Crippen LogP contribution in [0.3, 0.4) is 0 Å². The second-order valence-corrected chi connectivity index (χ2v) is 8.94. The third kappa shape index (κ3) is 5.81. The topological polar surface area (TPSA) is 69.5 Å². The number of hydrogen-bond donors (Lipinski definition) is 0. The van der Waals surface area contributed by atoms with Gasteiger partial charge in [-0.05, 0) is 73.5 Å². The molecule has 1 aliphatic carbocycles. The van der Waals surface area contributed by atoms with Crippen molar-refractivity contribution in [3.8, 4) is 28.6 Å². The zero-order valence-electron chi connectivity index (χ0n) is 18.8. The minimum atomic E-state index is -4.76. The van der Waals surface area contributed by atoms with Gasteiger partial charge in [-0.15, -0.1) is 18.3 Å². The van der Waals surface area contributed by atoms with E-state index in [-0.39, 0.29) is 27.6 Å². The van der Waals surface area contributed by atoms with Crippen LogP contribution in [0.25, 0.3) is 17.1 Å². The van der Waals surface area contributed by atoms with E-state index >= 15 is 0 Å². The number of nitrogens with zero attached hydrogens (tertiary/aromatic N) is 4. The molecule has 1 saturated carbocycles. The first-order valence-corrected chi connectivity index (χ1v) is 11.8. The molecule has 190 valence electrons. The lowest BCUT2D eigenvalue weighted by Gasteiger charge is -2.22. The Kier molecular flexibility index (Phi) is 6.70. The average Bonchev–Trinajstić information content (AvgIpc) is 3.56. The third-order valence-electron chi connectivity index (χ3n) is 5.45. The second kappa shape index (κ2) is 9.95. The Morgan fingerprint density at radius 3 is 2.22 bits per heavy atom. The molecule has 5 rings (SSSR count). The number of aromatic nitrogens is 3. The molecule has 1 aliphatic rings. The van der Waals surface area contributed by atoms with Crippen LogP contribution in [0.1, 0.15) is 12.8 Å². The first-order chi connectivity index (χ1) is 17.7. The molecule has 0 spiro atoms. The number of hydrogen-bond acceptors (Lipinski definition) is 5. The van der Waals surface area contributed by atoms with Gasteiger partial charge in [0, 0.05) is 17.3 Å². The summed E-state index contributed by atoms with van der Waals surface area (Å²) in [5.41, 5.74) is 1.81. The Bertz CT molecular complexity index is 1400. The summed E-state index contributed by atoms with van der Waals surface area (Å²) in [7, 11) is 0. The standard InChI is InChI=1S/C25H17Cl2F3N4O3/c26-20-2-1-3-21(27)22(20)36-24(35)34(18-8-9-18)17-6-4-15(5-7-17)23-31-14-33(32-23)16-10-12-19(13-11-16)37-25(28,29)30/h1-7,10-14,18H,8-9H2. The van der Waals surface area contributed by atoms with Crippen LogP contribution < -0.4 is 14.4 Å². The van der Waals surface area contributed by atoms with Crippen LogP contribution in [0.15, 0.2) is 73.1 Å². The van der Waals surface area contributed by atoms with Gasteiger partial charge in [0.1, 0.15) is 12.1 Å². The lowest BCUT2D eigenvalue weighted by atomic mass is 10.2. The van der Waals surface area contributed by atoms with Crippen LogP contribution in [0.4, 0.5) is 23.7 Å². The third-order valence-corrected chi connectivity index (χ3v) is 6.04. The molecule has 1 amide bonds. The Labute approximate surface area is 219 Å². The highest BCUT2D eigenvalue weighted by atomic mass is 35.5. The summed E-state index contributed by atoms with van der Waals surface area (Å²) in [6, 6.07) is 17.1. The fraction of sp³-hybridized carbons (Fsp3) is 0.160. The molecule has 0 aliphatic heterocycles. The minimum Gasteiger partial charge on any atom is -0.407 e. The highest BCUT2D eigenvalue weighted by molar-refractivity contribution is 6.37. The van der Waals surface area contributed by atoms with Gasteiger partial charge < -0.3 is 9.47 Å². The molecule has 0 radical (unpaired) electrons. The van der Waals surface area contributed by atoms with Gasteiger partial charge in [-0.25, -0.2) is 14.5 Å². The molecule has 0 N–H and O–H groups in total. The first-order valence-electron chi connectivity index (χ1n) is 11.0. The molecule has 0 bridgehead atoms. The van der Waals surface area contributed by atoms with Crippen molar-refractivity contribution in [1.82, 2.24) is 14.8 Å². The molecule has 0 atom stereocenters. The Morgan fingerprint density at radius 1 is 0.973 bits per heavy atom. The van der Waals surface area contributed by atoms with E-state index in [1.165, 1.54) is 35.3 Å². The Hall–Kier alpha value is -3.76. The number of rotatable bonds is 6. The molecule has 0 unspecified atom stereocenters. The summed E-state index contributed by atoms with van der Waals surface area (Å²) in [4.78, 5) is 18.8. The lowest BCUT2D eigenvalue weighted by Crippen LogP contribution is -2.35. The predicted octanol–water partition coefficient (Wildman–Crippen LogP) is 7.31. The highest BCUT2D eigenvalue weighted by Crippen LogP contribution is 2.37. The lowest BCUT2D eigenvalue weighted by molar-refractivity contribution is -0.274. The van der Waals surface area contributed by atoms with Gasteiger partial charge >= 0.3 is 12.5 Å². The summed E-state index contributed by atoms with van der Waals surface area (Å²) < 4.78 is 47.9. The zero-order chi connectivity index (χ0) is 26.2. The fourth-order valence-electron chi connectivity index (χ4n) is 3.61. The monoisotopic (exact) mass is 548 g/mol. The first kappa shape index (κ1) is 24.9. The van der Waals surface area contributed by atoms with E-state index in [0.717, 1.165) is 12.8 Å². The number of ether oxygens (including phenoxy) is 2. The molecule has 12 heteroatoms. The Balaban J connectivity index is 1.32. The van der Waals surface area contributed by atoms with E-state index < -0.39 is 12.5 Å². The number of para-hydroxylation sites is 1. The molecular formula is C25H17Cl2F3N4O3. The van der Waals surface area contributed by atoms with Crippen LogP contribution in [0, 0.1) is 0 Å². The summed E-state index contributed by atoms with van der Waals surface area (Å²) in [6.45, 7) is 0. The molecule has 1 fully saturated rings. The number of carbonyl (C=O) groups is 1. The van der Waals surface area contributed by atoms with Crippen LogP contribution in [0.5, 0.6) is 11.5 Å². The summed E-state index contributed by atoms with van der Waals surface area (Å²) in [5, 5.41) is 4.86. The van der Waals surface area contributed by atoms with Crippen molar-refractivity contribution < 1.29 is 27.4 Å². The van der Waals surface area contributed by atoms with Crippen LogP contribution in [-0.4, -0.2) is 33.3 Å². The van der Waals surface area contributed by atoms with Gasteiger partial charge in [0.05, 0.1) is 15.7 Å². The van der Waals surface area contributed by atoms with Gasteiger partial charge in [0.15, 0.2) is 11.6 Å². The molecule has 7 nitrogen and oxygen atoms in total. The van der Waals surface area contributed by atoms with E-state index in [1.807, 2.05) is 0 Å². The molecule has 1 aromatic heterocycles. The molecular weight excluding hydrogens is 532 g/mol. The zero-order valence-corrected chi connectivity index (χ0v) is 20.3. The number of benzene rings is 3. The van der Waals surface area contributed by atoms with Gasteiger partial charge in [-0.3, -0.25) is 4.90 Å². The highest BCUT2D eigenvalue weighted by Gasteiger charge is 2.35. The van der Waals surface area contributed by atoms with Crippen molar-refractivity contribution in [2.75, 3.05) is 4.90 Å². The number of halogens is 5. The molecule has 1 heterocycles. The maximum atomic E-state index is 13.0. The van der Waals surface area contributed by atoms with Gasteiger partial charge in [-0.2, -0.15) is 0 Å². The van der Waals surface area contributed by atoms with E-state index in [4.69, 9.17) is 27.9 Å².